The van der Waals surface area contributed by atoms with E-state index in [1.807, 2.05) is 12.1 Å². The summed E-state index contributed by atoms with van der Waals surface area (Å²) in [6.45, 7) is 6.39. The van der Waals surface area contributed by atoms with Crippen molar-refractivity contribution < 1.29 is 0 Å². The molecule has 1 N–H and O–H groups in total. The molecule has 0 aliphatic heterocycles. The maximum atomic E-state index is 5.90. The summed E-state index contributed by atoms with van der Waals surface area (Å²) < 4.78 is 0. The smallest absolute Gasteiger partial charge is 0.0485 e. The molecule has 0 radical (unpaired) electrons. The Bertz CT molecular complexity index is 531. The Morgan fingerprint density at radius 2 is 1.67 bits per heavy atom. The molecule has 2 aromatic rings. The van der Waals surface area contributed by atoms with Crippen LogP contribution in [0.2, 0.25) is 5.02 Å². The van der Waals surface area contributed by atoms with Crippen LogP contribution in [-0.4, -0.2) is 0 Å². The van der Waals surface area contributed by atoms with Crippen molar-refractivity contribution in [3.63, 3.8) is 0 Å². The summed E-state index contributed by atoms with van der Waals surface area (Å²) in [7, 11) is 0. The fourth-order valence-electron chi connectivity index (χ4n) is 1.96. The van der Waals surface area contributed by atoms with E-state index in [-0.39, 0.29) is 6.04 Å². The maximum absolute atomic E-state index is 5.90. The number of benzene rings is 2. The van der Waals surface area contributed by atoms with Crippen LogP contribution in [0, 0.1) is 13.8 Å². The zero-order valence-electron chi connectivity index (χ0n) is 11.0. The second-order valence-electron chi connectivity index (χ2n) is 4.74. The molecule has 2 heteroatoms. The zero-order chi connectivity index (χ0) is 13.1. The minimum atomic E-state index is 0.266. The van der Waals surface area contributed by atoms with Crippen LogP contribution in [0.1, 0.15) is 29.7 Å². The van der Waals surface area contributed by atoms with Crippen LogP contribution >= 0.6 is 11.6 Å². The van der Waals surface area contributed by atoms with Crippen LogP contribution in [0.15, 0.2) is 42.5 Å². The predicted molar refractivity (Wildman–Crippen MR) is 79.4 cm³/mol. The van der Waals surface area contributed by atoms with Crippen molar-refractivity contribution in [2.24, 2.45) is 0 Å². The number of rotatable bonds is 3. The Balaban J connectivity index is 2.18. The highest BCUT2D eigenvalue weighted by Crippen LogP contribution is 2.24. The summed E-state index contributed by atoms with van der Waals surface area (Å²) >= 11 is 5.90. The summed E-state index contributed by atoms with van der Waals surface area (Å²) in [5.41, 5.74) is 4.96. The fraction of sp³-hybridized carbons (Fsp3) is 0.250. The van der Waals surface area contributed by atoms with Gasteiger partial charge in [0.05, 0.1) is 0 Å². The standard InChI is InChI=1S/C16H18ClN/c1-11-4-5-12(2)16(10-11)18-13(3)14-6-8-15(17)9-7-14/h4-10,13,18H,1-3H3. The molecule has 1 atom stereocenters. The molecule has 2 aromatic carbocycles. The number of nitrogens with one attached hydrogen (secondary N) is 1. The van der Waals surface area contributed by atoms with Crippen molar-refractivity contribution in [2.45, 2.75) is 26.8 Å². The average Bonchev–Trinajstić information content (AvgIpc) is 2.34. The Kier molecular flexibility index (Phi) is 3.93. The summed E-state index contributed by atoms with van der Waals surface area (Å²) in [6, 6.07) is 14.7. The summed E-state index contributed by atoms with van der Waals surface area (Å²) in [4.78, 5) is 0. The molecule has 18 heavy (non-hydrogen) atoms. The molecule has 0 bridgehead atoms. The topological polar surface area (TPSA) is 12.0 Å². The normalized spacial score (nSPS) is 12.2. The highest BCUT2D eigenvalue weighted by atomic mass is 35.5. The van der Waals surface area contributed by atoms with E-state index in [0.29, 0.717) is 0 Å². The van der Waals surface area contributed by atoms with Gasteiger partial charge in [0.1, 0.15) is 0 Å². The van der Waals surface area contributed by atoms with Gasteiger partial charge in [-0.1, -0.05) is 35.9 Å². The molecular weight excluding hydrogens is 242 g/mol. The molecule has 0 saturated heterocycles. The third-order valence-electron chi connectivity index (χ3n) is 3.14. The van der Waals surface area contributed by atoms with Gasteiger partial charge in [0.2, 0.25) is 0 Å². The molecule has 0 aromatic heterocycles. The maximum Gasteiger partial charge on any atom is 0.0485 e. The molecular formula is C16H18ClN. The largest absolute Gasteiger partial charge is 0.378 e. The van der Waals surface area contributed by atoms with Gasteiger partial charge >= 0.3 is 0 Å². The van der Waals surface area contributed by atoms with Crippen molar-refractivity contribution in [3.05, 3.63) is 64.2 Å². The van der Waals surface area contributed by atoms with Crippen LogP contribution in [-0.2, 0) is 0 Å². The second-order valence-corrected chi connectivity index (χ2v) is 5.17. The van der Waals surface area contributed by atoms with Gasteiger partial charge in [-0.25, -0.2) is 0 Å². The molecule has 0 aliphatic carbocycles. The minimum Gasteiger partial charge on any atom is -0.378 e. The third kappa shape index (κ3) is 3.05. The molecule has 0 fully saturated rings. The summed E-state index contributed by atoms with van der Waals surface area (Å²) in [6.07, 6.45) is 0. The molecule has 0 aliphatic rings. The SMILES string of the molecule is Cc1ccc(C)c(NC(C)c2ccc(Cl)cc2)c1. The average molecular weight is 260 g/mol. The molecule has 0 saturated carbocycles. The summed E-state index contributed by atoms with van der Waals surface area (Å²) in [5.74, 6) is 0. The van der Waals surface area contributed by atoms with Gasteiger partial charge in [-0.05, 0) is 55.7 Å². The van der Waals surface area contributed by atoms with Crippen LogP contribution in [0.4, 0.5) is 5.69 Å². The van der Waals surface area contributed by atoms with Crippen molar-refractivity contribution in [2.75, 3.05) is 5.32 Å². The molecule has 94 valence electrons. The number of halogens is 1. The van der Waals surface area contributed by atoms with Gasteiger partial charge in [0, 0.05) is 16.8 Å². The Hall–Kier alpha value is -1.47. The van der Waals surface area contributed by atoms with E-state index < -0.39 is 0 Å². The van der Waals surface area contributed by atoms with Crippen molar-refractivity contribution in [1.82, 2.24) is 0 Å². The first-order valence-electron chi connectivity index (χ1n) is 6.15. The lowest BCUT2D eigenvalue weighted by Gasteiger charge is -2.18. The number of aryl methyl sites for hydroxylation is 2. The van der Waals surface area contributed by atoms with Crippen molar-refractivity contribution in [3.8, 4) is 0 Å². The molecule has 1 nitrogen and oxygen atoms in total. The second kappa shape index (κ2) is 5.45. The molecule has 2 rings (SSSR count). The Morgan fingerprint density at radius 3 is 2.33 bits per heavy atom. The molecule has 0 spiro atoms. The lowest BCUT2D eigenvalue weighted by atomic mass is 10.1. The fourth-order valence-corrected chi connectivity index (χ4v) is 2.09. The Morgan fingerprint density at radius 1 is 1.00 bits per heavy atom. The lowest BCUT2D eigenvalue weighted by Crippen LogP contribution is -2.07. The van der Waals surface area contributed by atoms with Crippen molar-refractivity contribution >= 4 is 17.3 Å². The number of anilines is 1. The number of hydrogen-bond donors (Lipinski definition) is 1. The van der Waals surface area contributed by atoms with Crippen molar-refractivity contribution in [1.29, 1.82) is 0 Å². The van der Waals surface area contributed by atoms with E-state index >= 15 is 0 Å². The van der Waals surface area contributed by atoms with Gasteiger partial charge in [-0.15, -0.1) is 0 Å². The molecule has 1 unspecified atom stereocenters. The van der Waals surface area contributed by atoms with Gasteiger partial charge in [-0.3, -0.25) is 0 Å². The van der Waals surface area contributed by atoms with E-state index in [2.05, 4.69) is 56.4 Å². The van der Waals surface area contributed by atoms with Crippen LogP contribution < -0.4 is 5.32 Å². The first-order chi connectivity index (χ1) is 8.56. The lowest BCUT2D eigenvalue weighted by molar-refractivity contribution is 0.882. The van der Waals surface area contributed by atoms with E-state index in [4.69, 9.17) is 11.6 Å². The Labute approximate surface area is 114 Å². The number of hydrogen-bond acceptors (Lipinski definition) is 1. The first-order valence-corrected chi connectivity index (χ1v) is 6.53. The van der Waals surface area contributed by atoms with Gasteiger partial charge < -0.3 is 5.32 Å². The van der Waals surface area contributed by atoms with E-state index in [1.54, 1.807) is 0 Å². The minimum absolute atomic E-state index is 0.266. The highest BCUT2D eigenvalue weighted by molar-refractivity contribution is 6.30. The van der Waals surface area contributed by atoms with E-state index in [9.17, 15) is 0 Å². The van der Waals surface area contributed by atoms with Crippen LogP contribution in [0.5, 0.6) is 0 Å². The third-order valence-corrected chi connectivity index (χ3v) is 3.39. The quantitative estimate of drug-likeness (QED) is 0.806. The molecule has 0 heterocycles. The van der Waals surface area contributed by atoms with E-state index in [0.717, 1.165) is 5.02 Å². The van der Waals surface area contributed by atoms with Gasteiger partial charge in [0.25, 0.3) is 0 Å². The predicted octanol–water partition coefficient (Wildman–Crippen LogP) is 5.13. The van der Waals surface area contributed by atoms with Gasteiger partial charge in [0.15, 0.2) is 0 Å². The summed E-state index contributed by atoms with van der Waals surface area (Å²) in [5, 5.41) is 4.32. The highest BCUT2D eigenvalue weighted by Gasteiger charge is 2.06. The first kappa shape index (κ1) is 13.0. The van der Waals surface area contributed by atoms with Crippen LogP contribution in [0.25, 0.3) is 0 Å². The zero-order valence-corrected chi connectivity index (χ0v) is 11.8. The molecule has 0 amide bonds. The van der Waals surface area contributed by atoms with Gasteiger partial charge in [-0.2, -0.15) is 0 Å². The van der Waals surface area contributed by atoms with Crippen LogP contribution in [0.3, 0.4) is 0 Å². The monoisotopic (exact) mass is 259 g/mol. The van der Waals surface area contributed by atoms with E-state index in [1.165, 1.54) is 22.4 Å².